The van der Waals surface area contributed by atoms with Crippen LogP contribution in [0.5, 0.6) is 0 Å². The maximum atomic E-state index is 14.2. The highest BCUT2D eigenvalue weighted by atomic mass is 32.2. The third-order valence-corrected chi connectivity index (χ3v) is 9.39. The smallest absolute Gasteiger partial charge is 0.264 e. The first-order chi connectivity index (χ1) is 20.0. The van der Waals surface area contributed by atoms with Gasteiger partial charge in [0.1, 0.15) is 12.6 Å². The Morgan fingerprint density at radius 2 is 1.45 bits per heavy atom. The molecule has 0 aliphatic carbocycles. The molecular weight excluding hydrogens is 546 g/mol. The summed E-state index contributed by atoms with van der Waals surface area (Å²) in [5.41, 5.74) is 3.42. The van der Waals surface area contributed by atoms with Gasteiger partial charge in [-0.15, -0.1) is 0 Å². The van der Waals surface area contributed by atoms with Crippen LogP contribution in [-0.2, 0) is 26.0 Å². The minimum absolute atomic E-state index is 0.0458. The summed E-state index contributed by atoms with van der Waals surface area (Å²) in [4.78, 5) is 29.2. The summed E-state index contributed by atoms with van der Waals surface area (Å²) in [5.74, 6) is -0.395. The predicted molar refractivity (Wildman–Crippen MR) is 170 cm³/mol. The fourth-order valence-electron chi connectivity index (χ4n) is 4.73. The summed E-state index contributed by atoms with van der Waals surface area (Å²) >= 11 is 0. The van der Waals surface area contributed by atoms with Gasteiger partial charge in [0.25, 0.3) is 10.0 Å². The average molecular weight is 592 g/mol. The molecule has 3 rings (SSSR count). The minimum Gasteiger partial charge on any atom is -0.352 e. The lowest BCUT2D eigenvalue weighted by Gasteiger charge is -2.33. The van der Waals surface area contributed by atoms with Crippen molar-refractivity contribution in [3.63, 3.8) is 0 Å². The lowest BCUT2D eigenvalue weighted by molar-refractivity contribution is -0.139. The number of benzene rings is 3. The van der Waals surface area contributed by atoms with E-state index in [2.05, 4.69) is 19.2 Å². The molecule has 0 aromatic heterocycles. The van der Waals surface area contributed by atoms with E-state index in [1.165, 1.54) is 4.31 Å². The summed E-state index contributed by atoms with van der Waals surface area (Å²) in [6.07, 6.45) is 1.69. The number of sulfonamides is 1. The van der Waals surface area contributed by atoms with Gasteiger partial charge in [0.05, 0.1) is 10.6 Å². The third kappa shape index (κ3) is 8.44. The van der Waals surface area contributed by atoms with Gasteiger partial charge in [0, 0.05) is 12.6 Å². The number of hydrogen-bond acceptors (Lipinski definition) is 4. The molecule has 1 N–H and O–H groups in total. The Kier molecular flexibility index (Phi) is 11.7. The van der Waals surface area contributed by atoms with Gasteiger partial charge < -0.3 is 10.2 Å². The van der Waals surface area contributed by atoms with Crippen LogP contribution in [0.15, 0.2) is 83.8 Å². The molecule has 2 atom stereocenters. The molecule has 0 radical (unpaired) electrons. The lowest BCUT2D eigenvalue weighted by atomic mass is 10.0. The second-order valence-electron chi connectivity index (χ2n) is 11.1. The van der Waals surface area contributed by atoms with Crippen LogP contribution in [0, 0.1) is 6.92 Å². The molecule has 3 aromatic carbocycles. The monoisotopic (exact) mass is 591 g/mol. The van der Waals surface area contributed by atoms with Gasteiger partial charge in [-0.2, -0.15) is 0 Å². The summed E-state index contributed by atoms with van der Waals surface area (Å²) in [6.45, 7) is 11.7. The number of hydrogen-bond donors (Lipinski definition) is 1. The van der Waals surface area contributed by atoms with E-state index >= 15 is 0 Å². The number of carbonyl (C=O) groups excluding carboxylic acids is 2. The number of rotatable bonds is 14. The van der Waals surface area contributed by atoms with E-state index in [4.69, 9.17) is 0 Å². The Balaban J connectivity index is 2.02. The molecule has 0 heterocycles. The van der Waals surface area contributed by atoms with Gasteiger partial charge in [-0.3, -0.25) is 13.9 Å². The van der Waals surface area contributed by atoms with Crippen LogP contribution < -0.4 is 9.62 Å². The zero-order valence-electron chi connectivity index (χ0n) is 25.7. The standard InChI is InChI=1S/C34H45N3O4S/c1-7-27(6)35-34(39)32(8-2)36(23-22-28-12-10-9-11-13-28)33(38)24-37(30-18-16-29(17-19-30)25(3)4)42(40,41)31-20-14-26(5)15-21-31/h9-21,25,27,32H,7-8,22-24H2,1-6H3,(H,35,39). The Morgan fingerprint density at radius 1 is 0.833 bits per heavy atom. The fraction of sp³-hybridized carbons (Fsp3) is 0.412. The van der Waals surface area contributed by atoms with E-state index in [0.717, 1.165) is 23.1 Å². The lowest BCUT2D eigenvalue weighted by Crippen LogP contribution is -2.54. The van der Waals surface area contributed by atoms with E-state index in [1.54, 1.807) is 41.3 Å². The zero-order valence-corrected chi connectivity index (χ0v) is 26.5. The van der Waals surface area contributed by atoms with Crippen molar-refractivity contribution in [1.29, 1.82) is 0 Å². The highest BCUT2D eigenvalue weighted by Gasteiger charge is 2.33. The quantitative estimate of drug-likeness (QED) is 0.246. The van der Waals surface area contributed by atoms with Crippen LogP contribution in [0.2, 0.25) is 0 Å². The van der Waals surface area contributed by atoms with E-state index in [-0.39, 0.29) is 29.3 Å². The number of anilines is 1. The normalized spacial score (nSPS) is 12.9. The second kappa shape index (κ2) is 15.0. The number of carbonyl (C=O) groups is 2. The summed E-state index contributed by atoms with van der Waals surface area (Å²) in [5, 5.41) is 3.01. The van der Waals surface area contributed by atoms with Crippen LogP contribution in [-0.4, -0.2) is 50.3 Å². The predicted octanol–water partition coefficient (Wildman–Crippen LogP) is 6.08. The first-order valence-corrected chi connectivity index (χ1v) is 16.2. The van der Waals surface area contributed by atoms with E-state index in [9.17, 15) is 18.0 Å². The molecule has 0 aliphatic rings. The Morgan fingerprint density at radius 3 is 2.00 bits per heavy atom. The number of nitrogens with one attached hydrogen (secondary N) is 1. The molecule has 42 heavy (non-hydrogen) atoms. The van der Waals surface area contributed by atoms with E-state index in [1.807, 2.05) is 70.2 Å². The minimum atomic E-state index is -4.09. The van der Waals surface area contributed by atoms with Crippen LogP contribution in [0.3, 0.4) is 0 Å². The van der Waals surface area contributed by atoms with Crippen molar-refractivity contribution >= 4 is 27.5 Å². The first-order valence-electron chi connectivity index (χ1n) is 14.8. The molecule has 7 nitrogen and oxygen atoms in total. The first kappa shape index (κ1) is 32.9. The van der Waals surface area contributed by atoms with Gasteiger partial charge in [0.2, 0.25) is 11.8 Å². The van der Waals surface area contributed by atoms with Gasteiger partial charge in [-0.05, 0) is 74.4 Å². The highest BCUT2D eigenvalue weighted by Crippen LogP contribution is 2.27. The number of nitrogens with zero attached hydrogens (tertiary/aromatic N) is 2. The summed E-state index contributed by atoms with van der Waals surface area (Å²) < 4.78 is 29.2. The van der Waals surface area contributed by atoms with Gasteiger partial charge in [-0.1, -0.05) is 87.9 Å². The van der Waals surface area contributed by atoms with Crippen molar-refractivity contribution in [3.8, 4) is 0 Å². The number of amides is 2. The van der Waals surface area contributed by atoms with E-state index in [0.29, 0.717) is 18.5 Å². The van der Waals surface area contributed by atoms with Crippen molar-refractivity contribution in [2.24, 2.45) is 0 Å². The largest absolute Gasteiger partial charge is 0.352 e. The van der Waals surface area contributed by atoms with Crippen LogP contribution >= 0.6 is 0 Å². The third-order valence-electron chi connectivity index (χ3n) is 7.61. The molecule has 0 saturated carbocycles. The molecule has 226 valence electrons. The van der Waals surface area contributed by atoms with Crippen molar-refractivity contribution in [2.45, 2.75) is 83.7 Å². The SMILES string of the molecule is CCC(C)NC(=O)C(CC)N(CCc1ccccc1)C(=O)CN(c1ccc(C(C)C)cc1)S(=O)(=O)c1ccc(C)cc1. The Labute approximate surface area is 252 Å². The molecule has 0 bridgehead atoms. The van der Waals surface area contributed by atoms with Crippen molar-refractivity contribution < 1.29 is 18.0 Å². The Bertz CT molecular complexity index is 1410. The topological polar surface area (TPSA) is 86.8 Å². The highest BCUT2D eigenvalue weighted by molar-refractivity contribution is 7.92. The maximum Gasteiger partial charge on any atom is 0.264 e. The van der Waals surface area contributed by atoms with Crippen LogP contribution in [0.25, 0.3) is 0 Å². The molecule has 0 aliphatic heterocycles. The van der Waals surface area contributed by atoms with Crippen LogP contribution in [0.1, 0.15) is 70.1 Å². The van der Waals surface area contributed by atoms with Crippen molar-refractivity contribution in [1.82, 2.24) is 10.2 Å². The Hall–Kier alpha value is -3.65. The molecule has 0 spiro atoms. The zero-order chi connectivity index (χ0) is 30.9. The summed E-state index contributed by atoms with van der Waals surface area (Å²) in [7, 11) is -4.09. The maximum absolute atomic E-state index is 14.2. The van der Waals surface area contributed by atoms with Gasteiger partial charge in [-0.25, -0.2) is 8.42 Å². The molecule has 0 saturated heterocycles. The average Bonchev–Trinajstić information content (AvgIpc) is 2.98. The molecular formula is C34H45N3O4S. The van der Waals surface area contributed by atoms with Gasteiger partial charge in [0.15, 0.2) is 0 Å². The molecule has 8 heteroatoms. The molecule has 0 fully saturated rings. The summed E-state index contributed by atoms with van der Waals surface area (Å²) in [6, 6.07) is 22.9. The van der Waals surface area contributed by atoms with Crippen molar-refractivity contribution in [2.75, 3.05) is 17.4 Å². The molecule has 3 aromatic rings. The fourth-order valence-corrected chi connectivity index (χ4v) is 6.14. The molecule has 2 amide bonds. The second-order valence-corrected chi connectivity index (χ2v) is 13.0. The van der Waals surface area contributed by atoms with Crippen molar-refractivity contribution in [3.05, 3.63) is 95.6 Å². The van der Waals surface area contributed by atoms with Gasteiger partial charge >= 0.3 is 0 Å². The molecule has 2 unspecified atom stereocenters. The van der Waals surface area contributed by atoms with E-state index < -0.39 is 28.5 Å². The number of aryl methyl sites for hydroxylation is 1. The van der Waals surface area contributed by atoms with Crippen LogP contribution in [0.4, 0.5) is 5.69 Å².